The number of rotatable bonds is 5. The fraction of sp³-hybridized carbons (Fsp3) is 0.0476. The molecule has 0 radical (unpaired) electrons. The number of aromatic nitrogens is 1. The van der Waals surface area contributed by atoms with Crippen LogP contribution in [0.3, 0.4) is 0 Å². The third-order valence-corrected chi connectivity index (χ3v) is 4.18. The van der Waals surface area contributed by atoms with Crippen molar-refractivity contribution >= 4 is 34.3 Å². The van der Waals surface area contributed by atoms with E-state index in [0.29, 0.717) is 39.0 Å². The van der Waals surface area contributed by atoms with Crippen LogP contribution in [0.5, 0.6) is 5.75 Å². The molecule has 140 valence electrons. The van der Waals surface area contributed by atoms with Crippen LogP contribution in [-0.2, 0) is 4.79 Å². The van der Waals surface area contributed by atoms with Gasteiger partial charge in [0.2, 0.25) is 5.89 Å². The van der Waals surface area contributed by atoms with Crippen LogP contribution in [0.1, 0.15) is 0 Å². The van der Waals surface area contributed by atoms with Crippen LogP contribution in [0.25, 0.3) is 22.6 Å². The zero-order valence-electron chi connectivity index (χ0n) is 14.5. The van der Waals surface area contributed by atoms with E-state index < -0.39 is 0 Å². The van der Waals surface area contributed by atoms with E-state index in [1.54, 1.807) is 54.6 Å². The predicted octanol–water partition coefficient (Wildman–Crippen LogP) is 5.30. The Bertz CT molecular complexity index is 1140. The van der Waals surface area contributed by atoms with Crippen molar-refractivity contribution in [3.05, 3.63) is 77.6 Å². The molecule has 4 rings (SSSR count). The van der Waals surface area contributed by atoms with E-state index in [0.717, 1.165) is 0 Å². The summed E-state index contributed by atoms with van der Waals surface area (Å²) >= 11 is 5.81. The molecule has 1 heterocycles. The van der Waals surface area contributed by atoms with Crippen LogP contribution >= 0.6 is 11.6 Å². The summed E-state index contributed by atoms with van der Waals surface area (Å²) in [6.07, 6.45) is 0. The van der Waals surface area contributed by atoms with Gasteiger partial charge in [0, 0.05) is 16.3 Å². The van der Waals surface area contributed by atoms with Gasteiger partial charge in [-0.2, -0.15) is 0 Å². The van der Waals surface area contributed by atoms with Crippen LogP contribution in [0.15, 0.2) is 71.1 Å². The first-order chi connectivity index (χ1) is 13.6. The topological polar surface area (TPSA) is 64.4 Å². The monoisotopic (exact) mass is 396 g/mol. The van der Waals surface area contributed by atoms with Crippen LogP contribution in [0, 0.1) is 5.82 Å². The van der Waals surface area contributed by atoms with Gasteiger partial charge in [0.05, 0.1) is 0 Å². The normalized spacial score (nSPS) is 10.8. The van der Waals surface area contributed by atoms with Crippen molar-refractivity contribution in [1.82, 2.24) is 4.98 Å². The molecule has 0 bridgehead atoms. The SMILES string of the molecule is O=C(COc1ccc(Cl)cc1)Nc1ccc2oc(-c3cccc(F)c3)nc2c1. The highest BCUT2D eigenvalue weighted by molar-refractivity contribution is 6.30. The fourth-order valence-corrected chi connectivity index (χ4v) is 2.75. The molecule has 4 aromatic rings. The average Bonchev–Trinajstić information content (AvgIpc) is 3.11. The summed E-state index contributed by atoms with van der Waals surface area (Å²) in [6, 6.07) is 17.8. The molecule has 0 atom stereocenters. The Balaban J connectivity index is 1.45. The van der Waals surface area contributed by atoms with Gasteiger partial charge in [-0.15, -0.1) is 0 Å². The second-order valence-corrected chi connectivity index (χ2v) is 6.44. The summed E-state index contributed by atoms with van der Waals surface area (Å²) in [6.45, 7) is -0.146. The first kappa shape index (κ1) is 18.0. The summed E-state index contributed by atoms with van der Waals surface area (Å²) in [5, 5.41) is 3.34. The number of fused-ring (bicyclic) bond motifs is 1. The number of oxazole rings is 1. The number of hydrogen-bond donors (Lipinski definition) is 1. The number of carbonyl (C=O) groups is 1. The maximum Gasteiger partial charge on any atom is 0.262 e. The number of ether oxygens (including phenoxy) is 1. The predicted molar refractivity (Wildman–Crippen MR) is 105 cm³/mol. The van der Waals surface area contributed by atoms with Gasteiger partial charge in [0.15, 0.2) is 12.2 Å². The largest absolute Gasteiger partial charge is 0.484 e. The molecular formula is C21H14ClFN2O3. The molecule has 1 aromatic heterocycles. The summed E-state index contributed by atoms with van der Waals surface area (Å²) < 4.78 is 24.5. The number of hydrogen-bond acceptors (Lipinski definition) is 4. The van der Waals surface area contributed by atoms with E-state index >= 15 is 0 Å². The maximum atomic E-state index is 13.4. The van der Waals surface area contributed by atoms with E-state index in [1.807, 2.05) is 0 Å². The van der Waals surface area contributed by atoms with Crippen molar-refractivity contribution in [2.75, 3.05) is 11.9 Å². The molecule has 0 unspecified atom stereocenters. The van der Waals surface area contributed by atoms with E-state index in [-0.39, 0.29) is 18.3 Å². The zero-order chi connectivity index (χ0) is 19.5. The molecule has 1 amide bonds. The van der Waals surface area contributed by atoms with Gasteiger partial charge in [-0.25, -0.2) is 9.37 Å². The van der Waals surface area contributed by atoms with E-state index in [4.69, 9.17) is 20.8 Å². The Morgan fingerprint density at radius 1 is 1.11 bits per heavy atom. The fourth-order valence-electron chi connectivity index (χ4n) is 2.63. The number of amides is 1. The number of nitrogens with one attached hydrogen (secondary N) is 1. The zero-order valence-corrected chi connectivity index (χ0v) is 15.2. The third-order valence-electron chi connectivity index (χ3n) is 3.93. The van der Waals surface area contributed by atoms with Gasteiger partial charge in [-0.3, -0.25) is 4.79 Å². The molecule has 0 saturated carbocycles. The van der Waals surface area contributed by atoms with Crippen molar-refractivity contribution in [3.8, 4) is 17.2 Å². The van der Waals surface area contributed by atoms with E-state index in [1.165, 1.54) is 12.1 Å². The Morgan fingerprint density at radius 2 is 1.93 bits per heavy atom. The molecule has 1 N–H and O–H groups in total. The van der Waals surface area contributed by atoms with Gasteiger partial charge in [0.25, 0.3) is 5.91 Å². The van der Waals surface area contributed by atoms with Crippen molar-refractivity contribution in [3.63, 3.8) is 0 Å². The number of nitrogens with zero attached hydrogens (tertiary/aromatic N) is 1. The highest BCUT2D eigenvalue weighted by atomic mass is 35.5. The van der Waals surface area contributed by atoms with E-state index in [2.05, 4.69) is 10.3 Å². The maximum absolute atomic E-state index is 13.4. The van der Waals surface area contributed by atoms with Crippen LogP contribution in [0.4, 0.5) is 10.1 Å². The Morgan fingerprint density at radius 3 is 2.71 bits per heavy atom. The molecule has 0 spiro atoms. The molecular weight excluding hydrogens is 383 g/mol. The molecule has 0 fully saturated rings. The standard InChI is InChI=1S/C21H14ClFN2O3/c22-14-4-7-17(8-5-14)27-12-20(26)24-16-6-9-19-18(11-16)25-21(28-19)13-2-1-3-15(23)10-13/h1-11H,12H2,(H,24,26). The quantitative estimate of drug-likeness (QED) is 0.497. The summed E-state index contributed by atoms with van der Waals surface area (Å²) in [5.74, 6) is 0.173. The Kier molecular flexibility index (Phi) is 4.95. The molecule has 0 aliphatic rings. The highest BCUT2D eigenvalue weighted by Crippen LogP contribution is 2.26. The van der Waals surface area contributed by atoms with Crippen molar-refractivity contribution < 1.29 is 18.3 Å². The lowest BCUT2D eigenvalue weighted by molar-refractivity contribution is -0.118. The number of carbonyl (C=O) groups excluding carboxylic acids is 1. The third kappa shape index (κ3) is 4.13. The molecule has 0 aliphatic heterocycles. The highest BCUT2D eigenvalue weighted by Gasteiger charge is 2.11. The lowest BCUT2D eigenvalue weighted by atomic mass is 10.2. The second kappa shape index (κ2) is 7.70. The molecule has 7 heteroatoms. The second-order valence-electron chi connectivity index (χ2n) is 6.00. The molecule has 0 aliphatic carbocycles. The van der Waals surface area contributed by atoms with Crippen molar-refractivity contribution in [2.24, 2.45) is 0 Å². The summed E-state index contributed by atoms with van der Waals surface area (Å²) in [4.78, 5) is 16.5. The van der Waals surface area contributed by atoms with Crippen molar-refractivity contribution in [2.45, 2.75) is 0 Å². The molecule has 0 saturated heterocycles. The molecule has 5 nitrogen and oxygen atoms in total. The van der Waals surface area contributed by atoms with E-state index in [9.17, 15) is 9.18 Å². The summed E-state index contributed by atoms with van der Waals surface area (Å²) in [5.41, 5.74) is 2.18. The molecule has 28 heavy (non-hydrogen) atoms. The van der Waals surface area contributed by atoms with Crippen molar-refractivity contribution in [1.29, 1.82) is 0 Å². The number of benzene rings is 3. The Hall–Kier alpha value is -3.38. The van der Waals surface area contributed by atoms with Gasteiger partial charge in [-0.1, -0.05) is 17.7 Å². The van der Waals surface area contributed by atoms with Crippen LogP contribution in [0.2, 0.25) is 5.02 Å². The number of halogens is 2. The Labute approximate surface area is 164 Å². The minimum atomic E-state index is -0.367. The summed E-state index contributed by atoms with van der Waals surface area (Å²) in [7, 11) is 0. The van der Waals surface area contributed by atoms with Gasteiger partial charge in [0.1, 0.15) is 17.1 Å². The first-order valence-electron chi connectivity index (χ1n) is 8.41. The first-order valence-corrected chi connectivity index (χ1v) is 8.79. The number of anilines is 1. The smallest absolute Gasteiger partial charge is 0.262 e. The lowest BCUT2D eigenvalue weighted by Gasteiger charge is -2.07. The minimum absolute atomic E-state index is 0.146. The van der Waals surface area contributed by atoms with Crippen LogP contribution < -0.4 is 10.1 Å². The minimum Gasteiger partial charge on any atom is -0.484 e. The lowest BCUT2D eigenvalue weighted by Crippen LogP contribution is -2.20. The van der Waals surface area contributed by atoms with Gasteiger partial charge in [-0.05, 0) is 60.7 Å². The van der Waals surface area contributed by atoms with Crippen LogP contribution in [-0.4, -0.2) is 17.5 Å². The van der Waals surface area contributed by atoms with Gasteiger partial charge >= 0.3 is 0 Å². The molecule has 3 aromatic carbocycles. The average molecular weight is 397 g/mol. The van der Waals surface area contributed by atoms with Gasteiger partial charge < -0.3 is 14.5 Å².